The minimum Gasteiger partial charge on any atom is -0.333 e. The number of hydrogen-bond donors (Lipinski definition) is 0. The van der Waals surface area contributed by atoms with Crippen LogP contribution < -0.4 is 5.19 Å². The standard InChI is InChI=1S/C39H35N2S.C21H28NSi.Ir/c1-23(2)31-21-28(27-12-8-7-9-13-27)22-32(24(3)4)37(31)41-34-15-11-10-14-33(34)40-39(41)30-19-17-26(6)36-29-18-16-25(5)20-35(29)42-38(30)36;1-23(2,3)21-16-22-20(18-12-8-5-9-13-18)15-19(21)14-17-10-6-4-7-11-17;/h7-18,20-24H,1-6H3;5,8-9,12,15-17H,4,6-7,10-11,14H2,1-3H3;/q2*-1;. The molecule has 10 rings (SSSR count). The Kier molecular flexibility index (Phi) is 14.5. The third kappa shape index (κ3) is 9.72. The van der Waals surface area contributed by atoms with Crippen LogP contribution in [0.15, 0.2) is 128 Å². The quantitative estimate of drug-likeness (QED) is 0.107. The SMILES string of the molecule is C[Si](C)(C)c1cnc(-c2[c-]cccc2)cc1CC1CCCCC1.Cc1ccc2c(c1)sc1c(-c3nc4ccccc4n3-c3c(C(C)C)cc(-c4ccccc4)cc3C(C)C)[c-]cc(C)c12.[Ir]. The molecule has 3 heterocycles. The summed E-state index contributed by atoms with van der Waals surface area (Å²) in [5.74, 6) is 2.48. The van der Waals surface area contributed by atoms with Crippen LogP contribution in [0.25, 0.3) is 70.7 Å². The maximum absolute atomic E-state index is 5.35. The minimum absolute atomic E-state index is 0. The summed E-state index contributed by atoms with van der Waals surface area (Å²) in [5.41, 5.74) is 15.9. The fraction of sp³-hybridized carbons (Fsp3) is 0.300. The number of benzene rings is 6. The van der Waals surface area contributed by atoms with Crippen LogP contribution in [-0.4, -0.2) is 22.6 Å². The van der Waals surface area contributed by atoms with Crippen molar-refractivity contribution in [2.45, 2.75) is 112 Å². The summed E-state index contributed by atoms with van der Waals surface area (Å²) in [4.78, 5) is 10.1. The molecule has 66 heavy (non-hydrogen) atoms. The molecule has 0 amide bonds. The second-order valence-corrected chi connectivity index (χ2v) is 26.1. The largest absolute Gasteiger partial charge is 0.333 e. The molecule has 1 fully saturated rings. The molecule has 1 radical (unpaired) electrons. The van der Waals surface area contributed by atoms with Gasteiger partial charge in [-0.1, -0.05) is 164 Å². The van der Waals surface area contributed by atoms with E-state index >= 15 is 0 Å². The van der Waals surface area contributed by atoms with E-state index in [-0.39, 0.29) is 20.1 Å². The molecule has 0 atom stereocenters. The van der Waals surface area contributed by atoms with Crippen LogP contribution in [0.4, 0.5) is 0 Å². The van der Waals surface area contributed by atoms with E-state index in [9.17, 15) is 0 Å². The van der Waals surface area contributed by atoms with Gasteiger partial charge in [-0.05, 0) is 110 Å². The molecule has 0 N–H and O–H groups in total. The summed E-state index contributed by atoms with van der Waals surface area (Å²) in [6, 6.07) is 50.6. The van der Waals surface area contributed by atoms with Gasteiger partial charge in [0.25, 0.3) is 0 Å². The van der Waals surface area contributed by atoms with Gasteiger partial charge in [0.2, 0.25) is 0 Å². The molecule has 1 aliphatic rings. The third-order valence-electron chi connectivity index (χ3n) is 13.4. The number of thiophene rings is 1. The number of imidazole rings is 1. The van der Waals surface area contributed by atoms with Crippen molar-refractivity contribution in [2.24, 2.45) is 5.92 Å². The van der Waals surface area contributed by atoms with Crippen LogP contribution in [0.5, 0.6) is 0 Å². The van der Waals surface area contributed by atoms with Crippen LogP contribution in [0.3, 0.4) is 0 Å². The van der Waals surface area contributed by atoms with Gasteiger partial charge in [0.1, 0.15) is 0 Å². The molecule has 0 bridgehead atoms. The predicted octanol–water partition coefficient (Wildman–Crippen LogP) is 16.6. The van der Waals surface area contributed by atoms with Gasteiger partial charge in [0, 0.05) is 36.7 Å². The Morgan fingerprint density at radius 1 is 0.758 bits per heavy atom. The van der Waals surface area contributed by atoms with Gasteiger partial charge in [-0.15, -0.1) is 53.6 Å². The van der Waals surface area contributed by atoms with E-state index in [1.807, 2.05) is 23.5 Å². The fourth-order valence-electron chi connectivity index (χ4n) is 10.0. The third-order valence-corrected chi connectivity index (χ3v) is 16.7. The molecule has 0 saturated heterocycles. The molecule has 0 spiro atoms. The van der Waals surface area contributed by atoms with E-state index in [0.29, 0.717) is 11.8 Å². The molecule has 9 aromatic rings. The van der Waals surface area contributed by atoms with E-state index in [2.05, 4.69) is 193 Å². The van der Waals surface area contributed by atoms with Crippen molar-refractivity contribution in [2.75, 3.05) is 0 Å². The Bertz CT molecular complexity index is 3090. The van der Waals surface area contributed by atoms with E-state index in [1.165, 1.54) is 97.8 Å². The number of aromatic nitrogens is 3. The Labute approximate surface area is 412 Å². The van der Waals surface area contributed by atoms with Crippen molar-refractivity contribution < 1.29 is 20.1 Å². The van der Waals surface area contributed by atoms with Gasteiger partial charge in [0.05, 0.1) is 24.9 Å². The van der Waals surface area contributed by atoms with Crippen LogP contribution >= 0.6 is 11.3 Å². The van der Waals surface area contributed by atoms with Crippen molar-refractivity contribution in [3.05, 3.63) is 167 Å². The average Bonchev–Trinajstić information content (AvgIpc) is 3.88. The summed E-state index contributed by atoms with van der Waals surface area (Å²) in [6.45, 7) is 20.9. The first kappa shape index (κ1) is 47.5. The molecular weight excluding hydrogens is 1020 g/mol. The van der Waals surface area contributed by atoms with Crippen LogP contribution in [0.1, 0.15) is 99.5 Å². The zero-order valence-electron chi connectivity index (χ0n) is 40.2. The molecule has 1 saturated carbocycles. The molecule has 0 unspecified atom stereocenters. The molecule has 3 nitrogen and oxygen atoms in total. The summed E-state index contributed by atoms with van der Waals surface area (Å²) in [7, 11) is -1.36. The number of pyridine rings is 1. The zero-order chi connectivity index (χ0) is 45.4. The first-order chi connectivity index (χ1) is 31.4. The van der Waals surface area contributed by atoms with Gasteiger partial charge < -0.3 is 9.55 Å². The molecule has 6 aromatic carbocycles. The van der Waals surface area contributed by atoms with Gasteiger partial charge >= 0.3 is 0 Å². The predicted molar refractivity (Wildman–Crippen MR) is 283 cm³/mol. The fourth-order valence-corrected chi connectivity index (χ4v) is 13.0. The number of aryl methyl sites for hydroxylation is 2. The van der Waals surface area contributed by atoms with Crippen molar-refractivity contribution in [3.63, 3.8) is 0 Å². The normalized spacial score (nSPS) is 13.4. The van der Waals surface area contributed by atoms with Crippen molar-refractivity contribution in [1.29, 1.82) is 0 Å². The maximum Gasteiger partial charge on any atom is 0.0798 e. The van der Waals surface area contributed by atoms with Gasteiger partial charge in [-0.2, -0.15) is 11.3 Å². The monoisotopic (exact) mass is 1080 g/mol. The second-order valence-electron chi connectivity index (χ2n) is 20.1. The Morgan fingerprint density at radius 2 is 1.45 bits per heavy atom. The summed E-state index contributed by atoms with van der Waals surface area (Å²) in [6.07, 6.45) is 10.5. The van der Waals surface area contributed by atoms with Crippen LogP contribution in [0.2, 0.25) is 19.6 Å². The number of rotatable bonds is 9. The second kappa shape index (κ2) is 20.1. The van der Waals surface area contributed by atoms with Crippen LogP contribution in [0, 0.1) is 31.9 Å². The topological polar surface area (TPSA) is 30.7 Å². The van der Waals surface area contributed by atoms with E-state index in [4.69, 9.17) is 9.97 Å². The Hall–Kier alpha value is -4.97. The molecular formula is C60H63IrN3SSi-2. The first-order valence-corrected chi connectivity index (χ1v) is 28.2. The van der Waals surface area contributed by atoms with Gasteiger partial charge in [-0.3, -0.25) is 4.98 Å². The zero-order valence-corrected chi connectivity index (χ0v) is 44.4. The van der Waals surface area contributed by atoms with E-state index in [1.54, 1.807) is 10.8 Å². The number of para-hydroxylation sites is 2. The van der Waals surface area contributed by atoms with Crippen molar-refractivity contribution >= 4 is 55.8 Å². The van der Waals surface area contributed by atoms with Gasteiger partial charge in [0.15, 0.2) is 0 Å². The van der Waals surface area contributed by atoms with Crippen LogP contribution in [-0.2, 0) is 26.5 Å². The molecule has 6 heteroatoms. The number of nitrogens with zero attached hydrogens (tertiary/aromatic N) is 3. The first-order valence-electron chi connectivity index (χ1n) is 23.9. The van der Waals surface area contributed by atoms with Crippen molar-refractivity contribution in [3.8, 4) is 39.5 Å². The minimum atomic E-state index is -1.36. The Balaban J connectivity index is 0.000000209. The Morgan fingerprint density at radius 3 is 2.14 bits per heavy atom. The summed E-state index contributed by atoms with van der Waals surface area (Å²) >= 11 is 1.86. The molecule has 1 aliphatic carbocycles. The van der Waals surface area contributed by atoms with E-state index in [0.717, 1.165) is 39.6 Å². The molecule has 3 aromatic heterocycles. The molecule has 339 valence electrons. The maximum atomic E-state index is 5.35. The molecule has 0 aliphatic heterocycles. The number of fused-ring (bicyclic) bond motifs is 4. The van der Waals surface area contributed by atoms with Crippen molar-refractivity contribution in [1.82, 2.24) is 14.5 Å². The van der Waals surface area contributed by atoms with E-state index < -0.39 is 8.07 Å². The summed E-state index contributed by atoms with van der Waals surface area (Å²) < 4.78 is 5.00. The average molecular weight is 1080 g/mol. The van der Waals surface area contributed by atoms with Gasteiger partial charge in [-0.25, -0.2) is 0 Å². The number of hydrogen-bond acceptors (Lipinski definition) is 3. The smallest absolute Gasteiger partial charge is 0.0798 e. The summed E-state index contributed by atoms with van der Waals surface area (Å²) in [5, 5.41) is 4.17.